The number of carbonyl (C=O) groups is 2. The highest BCUT2D eigenvalue weighted by Gasteiger charge is 2.16. The molecule has 16 heteroatoms. The normalized spacial score (nSPS) is 10.5. The van der Waals surface area contributed by atoms with E-state index in [-0.39, 0.29) is 32.6 Å². The Hall–Kier alpha value is -7.14. The van der Waals surface area contributed by atoms with E-state index >= 15 is 0 Å². The summed E-state index contributed by atoms with van der Waals surface area (Å²) in [6.07, 6.45) is 0. The molecule has 6 rings (SSSR count). The molecule has 0 bridgehead atoms. The van der Waals surface area contributed by atoms with Gasteiger partial charge in [0, 0.05) is 50.4 Å². The van der Waals surface area contributed by atoms with Gasteiger partial charge < -0.3 is 20.4 Å². The van der Waals surface area contributed by atoms with Crippen LogP contribution in [0.2, 0.25) is 0 Å². The van der Waals surface area contributed by atoms with Crippen molar-refractivity contribution in [3.8, 4) is 12.1 Å². The third-order valence-electron chi connectivity index (χ3n) is 9.39. The maximum Gasteiger partial charge on any atom is 0.226 e. The molecule has 0 saturated heterocycles. The molecule has 0 aliphatic heterocycles. The van der Waals surface area contributed by atoms with Crippen LogP contribution in [0.5, 0.6) is 0 Å². The molecule has 4 aromatic carbocycles. The molecular weight excluding hydrogens is 841 g/mol. The van der Waals surface area contributed by atoms with Gasteiger partial charge in [-0.1, -0.05) is 89.4 Å². The summed E-state index contributed by atoms with van der Waals surface area (Å²) in [7, 11) is 0. The zero-order chi connectivity index (χ0) is 44.6. The van der Waals surface area contributed by atoms with Crippen molar-refractivity contribution in [3.05, 3.63) is 131 Å². The Morgan fingerprint density at radius 2 is 1.06 bits per heavy atom. The third-order valence-corrected chi connectivity index (χ3v) is 11.0. The Balaban J connectivity index is 0.000000331. The van der Waals surface area contributed by atoms with Crippen LogP contribution in [0.3, 0.4) is 0 Å². The van der Waals surface area contributed by atoms with Gasteiger partial charge in [-0.15, -0.1) is 20.5 Å². The Morgan fingerprint density at radius 3 is 1.42 bits per heavy atom. The molecule has 2 aromatic heterocycles. The van der Waals surface area contributed by atoms with Crippen LogP contribution in [-0.4, -0.2) is 33.7 Å². The van der Waals surface area contributed by atoms with Crippen molar-refractivity contribution in [2.75, 3.05) is 33.5 Å². The lowest BCUT2D eigenvalue weighted by Crippen LogP contribution is -2.22. The number of hydrogen-bond donors (Lipinski definition) is 2. The van der Waals surface area contributed by atoms with Gasteiger partial charge in [0.15, 0.2) is 10.0 Å². The Bertz CT molecular complexity index is 2610. The van der Waals surface area contributed by atoms with E-state index in [1.165, 1.54) is 18.1 Å². The molecule has 0 radical (unpaired) electrons. The van der Waals surface area contributed by atoms with Crippen LogP contribution in [0.15, 0.2) is 118 Å². The van der Waals surface area contributed by atoms with Crippen molar-refractivity contribution in [3.63, 3.8) is 0 Å². The van der Waals surface area contributed by atoms with E-state index in [0.717, 1.165) is 60.6 Å². The predicted octanol–water partition coefficient (Wildman–Crippen LogP) is 13.4. The number of rotatable bonds is 15. The molecule has 0 aliphatic rings. The highest BCUT2D eigenvalue weighted by atomic mass is 32.1. The molecule has 0 saturated carbocycles. The standard InChI is InChI=1S/C24H26N6OS.C22H22N6OS.2CH4/c1-5-30(15-18-9-7-6-8-10-18)19-11-12-21(22(13-19)26-23(31)16(2)3)27-28-24-20(14-25)17(4)29-32-24;1-4-28(14-17-8-6-5-7-9-17)18-10-11-20(21(12-18)24-16(3)29)25-26-22-19(13-23)15(2)27-30-22;;/h6-13,16H,5,15H2,1-4H3,(H,26,31);5-12H,4,14H2,1-3H3,(H,24,29);2*1H4. The van der Waals surface area contributed by atoms with Gasteiger partial charge in [-0.05, 0) is 98.3 Å². The molecule has 0 unspecified atom stereocenters. The first-order chi connectivity index (χ1) is 29.9. The summed E-state index contributed by atoms with van der Waals surface area (Å²) in [5.74, 6) is -0.471. The van der Waals surface area contributed by atoms with Gasteiger partial charge in [0.25, 0.3) is 0 Å². The first kappa shape index (κ1) is 51.2. The Morgan fingerprint density at radius 1 is 0.656 bits per heavy atom. The van der Waals surface area contributed by atoms with E-state index in [9.17, 15) is 20.1 Å². The molecule has 2 heterocycles. The summed E-state index contributed by atoms with van der Waals surface area (Å²) >= 11 is 2.25. The highest BCUT2D eigenvalue weighted by molar-refractivity contribution is 7.10. The largest absolute Gasteiger partial charge is 0.367 e. The quantitative estimate of drug-likeness (QED) is 0.0952. The van der Waals surface area contributed by atoms with E-state index in [0.29, 0.717) is 55.3 Å². The van der Waals surface area contributed by atoms with Crippen LogP contribution in [0.1, 0.15) is 83.1 Å². The summed E-state index contributed by atoms with van der Waals surface area (Å²) in [4.78, 5) is 28.6. The first-order valence-corrected chi connectivity index (χ1v) is 21.5. The van der Waals surface area contributed by atoms with Crippen molar-refractivity contribution >= 4 is 79.0 Å². The highest BCUT2D eigenvalue weighted by Crippen LogP contribution is 2.36. The summed E-state index contributed by atoms with van der Waals surface area (Å²) in [6.45, 7) is 16.0. The lowest BCUT2D eigenvalue weighted by molar-refractivity contribution is -0.119. The number of nitrogens with zero attached hydrogens (tertiary/aromatic N) is 10. The van der Waals surface area contributed by atoms with E-state index in [2.05, 4.69) is 99.9 Å². The minimum atomic E-state index is -0.193. The second kappa shape index (κ2) is 25.1. The number of aromatic nitrogens is 2. The smallest absolute Gasteiger partial charge is 0.226 e. The number of azo groups is 2. The van der Waals surface area contributed by atoms with Gasteiger partial charge in [0.1, 0.15) is 34.6 Å². The fourth-order valence-corrected chi connectivity index (χ4v) is 7.32. The van der Waals surface area contributed by atoms with Crippen molar-refractivity contribution in [1.29, 1.82) is 10.5 Å². The van der Waals surface area contributed by atoms with Gasteiger partial charge in [-0.3, -0.25) is 9.59 Å². The van der Waals surface area contributed by atoms with Crippen molar-refractivity contribution in [2.24, 2.45) is 26.4 Å². The molecular formula is C48H56N12O2S2. The molecule has 6 aromatic rings. The van der Waals surface area contributed by atoms with Crippen LogP contribution in [-0.2, 0) is 22.7 Å². The number of nitriles is 2. The third kappa shape index (κ3) is 13.9. The fraction of sp³-hybridized carbons (Fsp3) is 0.292. The minimum Gasteiger partial charge on any atom is -0.367 e. The second-order valence-electron chi connectivity index (χ2n) is 14.2. The molecule has 2 N–H and O–H groups in total. The number of anilines is 4. The number of aryl methyl sites for hydroxylation is 2. The van der Waals surface area contributed by atoms with Gasteiger partial charge in [0.2, 0.25) is 11.8 Å². The molecule has 14 nitrogen and oxygen atoms in total. The van der Waals surface area contributed by atoms with Gasteiger partial charge >= 0.3 is 0 Å². The van der Waals surface area contributed by atoms with E-state index < -0.39 is 0 Å². The predicted molar refractivity (Wildman–Crippen MR) is 262 cm³/mol. The SMILES string of the molecule is C.C.CCN(Cc1ccccc1)c1ccc(N=Nc2snc(C)c2C#N)c(NC(=O)C(C)C)c1.CCN(Cc1ccccc1)c1ccc(N=Nc2snc(C)c2C#N)c(NC(C)=O)c1. The van der Waals surface area contributed by atoms with Crippen molar-refractivity contribution in [1.82, 2.24) is 8.75 Å². The van der Waals surface area contributed by atoms with E-state index in [1.807, 2.05) is 86.6 Å². The number of carbonyl (C=O) groups excluding carboxylic acids is 2. The zero-order valence-corrected chi connectivity index (χ0v) is 37.4. The maximum atomic E-state index is 12.4. The van der Waals surface area contributed by atoms with Crippen LogP contribution >= 0.6 is 23.1 Å². The van der Waals surface area contributed by atoms with Gasteiger partial charge in [-0.2, -0.15) is 19.3 Å². The number of amides is 2. The van der Waals surface area contributed by atoms with Crippen LogP contribution in [0, 0.1) is 42.4 Å². The molecule has 0 aliphatic carbocycles. The fourth-order valence-electron chi connectivity index (χ4n) is 5.97. The monoisotopic (exact) mass is 896 g/mol. The maximum absolute atomic E-state index is 12.4. The first-order valence-electron chi connectivity index (χ1n) is 19.9. The lowest BCUT2D eigenvalue weighted by atomic mass is 10.1. The Kier molecular flexibility index (Phi) is 20.1. The number of benzene rings is 4. The topological polar surface area (TPSA) is 187 Å². The molecule has 0 atom stereocenters. The summed E-state index contributed by atoms with van der Waals surface area (Å²) < 4.78 is 8.32. The molecule has 0 spiro atoms. The summed E-state index contributed by atoms with van der Waals surface area (Å²) in [6, 6.07) is 36.1. The van der Waals surface area contributed by atoms with E-state index in [1.54, 1.807) is 13.8 Å². The van der Waals surface area contributed by atoms with Crippen LogP contribution in [0.25, 0.3) is 0 Å². The van der Waals surface area contributed by atoms with Gasteiger partial charge in [0.05, 0.1) is 22.8 Å². The van der Waals surface area contributed by atoms with Crippen LogP contribution in [0.4, 0.5) is 44.1 Å². The Labute approximate surface area is 385 Å². The summed E-state index contributed by atoms with van der Waals surface area (Å²) in [5.41, 5.74) is 8.63. The average Bonchev–Trinajstić information content (AvgIpc) is 3.83. The van der Waals surface area contributed by atoms with Gasteiger partial charge in [-0.25, -0.2) is 0 Å². The average molecular weight is 897 g/mol. The molecule has 0 fully saturated rings. The summed E-state index contributed by atoms with van der Waals surface area (Å²) in [5, 5.41) is 42.3. The molecule has 332 valence electrons. The lowest BCUT2D eigenvalue weighted by Gasteiger charge is -2.24. The van der Waals surface area contributed by atoms with E-state index in [4.69, 9.17) is 0 Å². The molecule has 2 amide bonds. The zero-order valence-electron chi connectivity index (χ0n) is 35.7. The molecule has 64 heavy (non-hydrogen) atoms. The second-order valence-corrected chi connectivity index (χ2v) is 15.8. The van der Waals surface area contributed by atoms with Crippen molar-refractivity contribution < 1.29 is 9.59 Å². The minimum absolute atomic E-state index is 0. The van der Waals surface area contributed by atoms with Crippen molar-refractivity contribution in [2.45, 2.75) is 76.4 Å². The number of hydrogen-bond acceptors (Lipinski definition) is 14. The number of nitrogens with one attached hydrogen (secondary N) is 2. The van der Waals surface area contributed by atoms with Crippen LogP contribution < -0.4 is 20.4 Å².